The molecule has 2 aliphatic heterocycles. The maximum Gasteiger partial charge on any atom is 0.414 e. The second-order valence-corrected chi connectivity index (χ2v) is 6.20. The molecule has 20 heavy (non-hydrogen) atoms. The van der Waals surface area contributed by atoms with E-state index in [9.17, 15) is 4.79 Å². The van der Waals surface area contributed by atoms with Crippen molar-refractivity contribution < 1.29 is 19.0 Å². The van der Waals surface area contributed by atoms with Gasteiger partial charge in [0.1, 0.15) is 12.7 Å². The van der Waals surface area contributed by atoms with Crippen LogP contribution in [0, 0.1) is 0 Å². The van der Waals surface area contributed by atoms with E-state index in [4.69, 9.17) is 14.2 Å². The minimum atomic E-state index is -0.589. The standard InChI is InChI=1S/C14H17NO4S/c1-14(2)18-9-11(19-14)8-17-13(16)15-5-3-10-4-6-20-12(10)7-15/h3-4,6-7,11H,5,8-9H2,1-2H3. The average Bonchev–Trinajstić information content (AvgIpc) is 3.01. The van der Waals surface area contributed by atoms with Gasteiger partial charge in [-0.25, -0.2) is 4.79 Å². The molecular formula is C14H17NO4S. The fourth-order valence-corrected chi connectivity index (χ4v) is 3.05. The maximum absolute atomic E-state index is 12.0. The topological polar surface area (TPSA) is 48.0 Å². The highest BCUT2D eigenvalue weighted by molar-refractivity contribution is 7.07. The molecule has 2 aliphatic rings. The lowest BCUT2D eigenvalue weighted by molar-refractivity contribution is -0.142. The van der Waals surface area contributed by atoms with Gasteiger partial charge in [0.15, 0.2) is 5.79 Å². The Morgan fingerprint density at radius 3 is 3.20 bits per heavy atom. The van der Waals surface area contributed by atoms with Crippen LogP contribution in [-0.4, -0.2) is 42.6 Å². The summed E-state index contributed by atoms with van der Waals surface area (Å²) in [6.07, 6.45) is 3.30. The fourth-order valence-electron chi connectivity index (χ4n) is 2.21. The third kappa shape index (κ3) is 2.87. The average molecular weight is 295 g/mol. The molecule has 1 amide bonds. The molecule has 1 atom stereocenters. The lowest BCUT2D eigenvalue weighted by Gasteiger charge is -2.20. The number of hydrogen-bond donors (Lipinski definition) is 0. The number of hydrogen-bond acceptors (Lipinski definition) is 5. The van der Waals surface area contributed by atoms with Gasteiger partial charge < -0.3 is 14.2 Å². The van der Waals surface area contributed by atoms with Crippen LogP contribution in [0.1, 0.15) is 13.8 Å². The van der Waals surface area contributed by atoms with Gasteiger partial charge >= 0.3 is 6.09 Å². The molecule has 0 bridgehead atoms. The number of ether oxygens (including phenoxy) is 3. The van der Waals surface area contributed by atoms with Gasteiger partial charge in [0.25, 0.3) is 0 Å². The third-order valence-corrected chi connectivity index (χ3v) is 4.07. The summed E-state index contributed by atoms with van der Waals surface area (Å²) in [5.74, 6) is -0.589. The zero-order valence-electron chi connectivity index (χ0n) is 11.5. The van der Waals surface area contributed by atoms with Gasteiger partial charge in [-0.15, -0.1) is 11.3 Å². The van der Waals surface area contributed by atoms with Crippen LogP contribution >= 0.6 is 11.3 Å². The van der Waals surface area contributed by atoms with Crippen LogP contribution < -0.4 is 9.75 Å². The summed E-state index contributed by atoms with van der Waals surface area (Å²) in [5.41, 5.74) is 0. The summed E-state index contributed by atoms with van der Waals surface area (Å²) in [6.45, 7) is 4.90. The van der Waals surface area contributed by atoms with E-state index < -0.39 is 5.79 Å². The highest BCUT2D eigenvalue weighted by atomic mass is 32.1. The largest absolute Gasteiger partial charge is 0.446 e. The lowest BCUT2D eigenvalue weighted by Crippen LogP contribution is -2.37. The van der Waals surface area contributed by atoms with Crippen molar-refractivity contribution >= 4 is 29.7 Å². The van der Waals surface area contributed by atoms with Crippen LogP contribution in [0.3, 0.4) is 0 Å². The Hall–Kier alpha value is -1.37. The number of carbonyl (C=O) groups excluding carboxylic acids is 1. The molecule has 1 aromatic rings. The van der Waals surface area contributed by atoms with E-state index in [2.05, 4.69) is 0 Å². The van der Waals surface area contributed by atoms with Gasteiger partial charge in [0.2, 0.25) is 0 Å². The first-order valence-electron chi connectivity index (χ1n) is 6.54. The molecule has 108 valence electrons. The number of amides is 1. The summed E-state index contributed by atoms with van der Waals surface area (Å²) in [5, 5.41) is 3.19. The van der Waals surface area contributed by atoms with E-state index in [1.54, 1.807) is 16.2 Å². The van der Waals surface area contributed by atoms with E-state index >= 15 is 0 Å². The molecule has 6 heteroatoms. The third-order valence-electron chi connectivity index (χ3n) is 3.20. The molecule has 0 aliphatic carbocycles. The molecule has 0 saturated carbocycles. The van der Waals surface area contributed by atoms with Crippen LogP contribution in [0.4, 0.5) is 4.79 Å². The van der Waals surface area contributed by atoms with Gasteiger partial charge in [-0.2, -0.15) is 0 Å². The molecule has 0 aromatic carbocycles. The number of rotatable bonds is 2. The number of thiophene rings is 1. The fraction of sp³-hybridized carbons (Fsp3) is 0.500. The summed E-state index contributed by atoms with van der Waals surface area (Å²) in [7, 11) is 0. The monoisotopic (exact) mass is 295 g/mol. The van der Waals surface area contributed by atoms with Gasteiger partial charge in [-0.1, -0.05) is 6.08 Å². The predicted octanol–water partition coefficient (Wildman–Crippen LogP) is 0.870. The smallest absolute Gasteiger partial charge is 0.414 e. The summed E-state index contributed by atoms with van der Waals surface area (Å²) in [4.78, 5) is 13.6. The normalized spacial score (nSPS) is 23.7. The molecule has 3 heterocycles. The van der Waals surface area contributed by atoms with Crippen LogP contribution in [0.25, 0.3) is 12.3 Å². The summed E-state index contributed by atoms with van der Waals surface area (Å²) < 4.78 is 17.4. The van der Waals surface area contributed by atoms with E-state index in [1.807, 2.05) is 37.6 Å². The lowest BCUT2D eigenvalue weighted by atomic mass is 10.3. The van der Waals surface area contributed by atoms with Crippen molar-refractivity contribution in [3.63, 3.8) is 0 Å². The molecule has 3 rings (SSSR count). The van der Waals surface area contributed by atoms with Crippen molar-refractivity contribution in [2.45, 2.75) is 25.7 Å². The molecule has 1 fully saturated rings. The first-order chi connectivity index (χ1) is 9.53. The van der Waals surface area contributed by atoms with E-state index in [0.29, 0.717) is 13.2 Å². The van der Waals surface area contributed by atoms with Gasteiger partial charge in [-0.05, 0) is 30.5 Å². The zero-order chi connectivity index (χ0) is 14.2. The van der Waals surface area contributed by atoms with Crippen LogP contribution in [0.5, 0.6) is 0 Å². The van der Waals surface area contributed by atoms with Gasteiger partial charge in [-0.3, -0.25) is 4.90 Å². The molecule has 0 N–H and O–H groups in total. The van der Waals surface area contributed by atoms with Gasteiger partial charge in [0.05, 0.1) is 11.1 Å². The summed E-state index contributed by atoms with van der Waals surface area (Å²) in [6, 6.07) is 2.05. The number of fused-ring (bicyclic) bond motifs is 1. The van der Waals surface area contributed by atoms with Crippen LogP contribution in [0.2, 0.25) is 0 Å². The predicted molar refractivity (Wildman–Crippen MR) is 75.5 cm³/mol. The summed E-state index contributed by atoms with van der Waals surface area (Å²) >= 11 is 1.61. The van der Waals surface area contributed by atoms with Crippen molar-refractivity contribution in [2.24, 2.45) is 0 Å². The Morgan fingerprint density at radius 1 is 1.60 bits per heavy atom. The quantitative estimate of drug-likeness (QED) is 0.812. The highest BCUT2D eigenvalue weighted by Crippen LogP contribution is 2.22. The highest BCUT2D eigenvalue weighted by Gasteiger charge is 2.33. The molecular weight excluding hydrogens is 278 g/mol. The first-order valence-corrected chi connectivity index (χ1v) is 7.42. The molecule has 5 nitrogen and oxygen atoms in total. The van der Waals surface area contributed by atoms with Gasteiger partial charge in [0, 0.05) is 12.7 Å². The minimum absolute atomic E-state index is 0.194. The number of carbonyl (C=O) groups is 1. The molecule has 1 unspecified atom stereocenters. The minimum Gasteiger partial charge on any atom is -0.446 e. The molecule has 0 radical (unpaired) electrons. The Kier molecular flexibility index (Phi) is 3.54. The van der Waals surface area contributed by atoms with Crippen molar-refractivity contribution in [1.82, 2.24) is 4.90 Å². The van der Waals surface area contributed by atoms with Crippen molar-refractivity contribution in [1.29, 1.82) is 0 Å². The first kappa shape index (κ1) is 13.6. The van der Waals surface area contributed by atoms with E-state index in [1.165, 1.54) is 5.22 Å². The van der Waals surface area contributed by atoms with Crippen molar-refractivity contribution in [2.75, 3.05) is 19.8 Å². The van der Waals surface area contributed by atoms with Crippen molar-refractivity contribution in [3.8, 4) is 0 Å². The van der Waals surface area contributed by atoms with Crippen LogP contribution in [-0.2, 0) is 14.2 Å². The van der Waals surface area contributed by atoms with Crippen molar-refractivity contribution in [3.05, 3.63) is 21.2 Å². The van der Waals surface area contributed by atoms with E-state index in [-0.39, 0.29) is 18.8 Å². The Labute approximate surface area is 121 Å². The molecule has 1 saturated heterocycles. The second-order valence-electron chi connectivity index (χ2n) is 5.25. The Bertz CT molecular complexity index is 621. The maximum atomic E-state index is 12.0. The Balaban J connectivity index is 1.56. The zero-order valence-corrected chi connectivity index (χ0v) is 12.3. The van der Waals surface area contributed by atoms with E-state index in [0.717, 1.165) is 4.53 Å². The number of nitrogens with zero attached hydrogens (tertiary/aromatic N) is 1. The molecule has 0 spiro atoms. The molecule has 1 aromatic heterocycles. The van der Waals surface area contributed by atoms with Crippen LogP contribution in [0.15, 0.2) is 11.4 Å². The second kappa shape index (κ2) is 5.20. The Morgan fingerprint density at radius 2 is 2.45 bits per heavy atom. The SMILES string of the molecule is CC1(C)OCC(COC(=O)N2C=c3sccc3=CC2)O1.